The molecule has 0 heterocycles. The summed E-state index contributed by atoms with van der Waals surface area (Å²) in [7, 11) is 0. The van der Waals surface area contributed by atoms with E-state index in [2.05, 4.69) is 20.9 Å². The largest absolute Gasteiger partial charge is 0.235 e. The van der Waals surface area contributed by atoms with Crippen molar-refractivity contribution in [3.63, 3.8) is 0 Å². The molecule has 0 radical (unpaired) electrons. The second-order valence-electron chi connectivity index (χ2n) is 4.20. The van der Waals surface area contributed by atoms with Crippen molar-refractivity contribution in [3.05, 3.63) is 33.0 Å². The first kappa shape index (κ1) is 12.7. The van der Waals surface area contributed by atoms with E-state index < -0.39 is 11.4 Å². The van der Waals surface area contributed by atoms with E-state index >= 15 is 0 Å². The number of isocyanates is 1. The summed E-state index contributed by atoms with van der Waals surface area (Å²) in [6.45, 7) is 0. The number of nitrogens with zero attached hydrogens (tertiary/aromatic N) is 1. The van der Waals surface area contributed by atoms with Gasteiger partial charge in [-0.15, -0.1) is 0 Å². The highest BCUT2D eigenvalue weighted by Crippen LogP contribution is 2.44. The molecule has 0 aliphatic heterocycles. The Balaban J connectivity index is 2.54. The van der Waals surface area contributed by atoms with Gasteiger partial charge < -0.3 is 0 Å². The molecule has 17 heavy (non-hydrogen) atoms. The zero-order valence-corrected chi connectivity index (χ0v) is 11.3. The third-order valence-electron chi connectivity index (χ3n) is 3.21. The molecule has 1 fully saturated rings. The zero-order valence-electron chi connectivity index (χ0n) is 8.97. The highest BCUT2D eigenvalue weighted by Gasteiger charge is 2.36. The second kappa shape index (κ2) is 4.89. The molecule has 1 aromatic carbocycles. The fraction of sp³-hybridized carbons (Fsp3) is 0.417. The predicted molar refractivity (Wildman–Crippen MR) is 67.4 cm³/mol. The number of hydrogen-bond acceptors (Lipinski definition) is 2. The quantitative estimate of drug-likeness (QED) is 0.453. The average molecular weight is 319 g/mol. The van der Waals surface area contributed by atoms with Gasteiger partial charge in [-0.2, -0.15) is 4.99 Å². The molecule has 90 valence electrons. The van der Waals surface area contributed by atoms with Crippen LogP contribution in [-0.4, -0.2) is 6.08 Å². The Kier molecular flexibility index (Phi) is 3.67. The SMILES string of the molecule is O=C=NC1(c2cc(F)c(Br)c(Cl)c2)CCCC1. The lowest BCUT2D eigenvalue weighted by atomic mass is 9.89. The smallest absolute Gasteiger partial charge is 0.211 e. The monoisotopic (exact) mass is 317 g/mol. The molecular formula is C12H10BrClFNO. The van der Waals surface area contributed by atoms with Gasteiger partial charge in [0, 0.05) is 0 Å². The summed E-state index contributed by atoms with van der Waals surface area (Å²) in [4.78, 5) is 14.4. The van der Waals surface area contributed by atoms with Gasteiger partial charge in [0.25, 0.3) is 0 Å². The maximum atomic E-state index is 13.6. The molecule has 0 bridgehead atoms. The normalized spacial score (nSPS) is 17.8. The number of hydrogen-bond donors (Lipinski definition) is 0. The maximum absolute atomic E-state index is 13.6. The second-order valence-corrected chi connectivity index (χ2v) is 5.40. The van der Waals surface area contributed by atoms with Crippen LogP contribution in [0.5, 0.6) is 0 Å². The summed E-state index contributed by atoms with van der Waals surface area (Å²) in [5.41, 5.74) is 0.0245. The minimum Gasteiger partial charge on any atom is -0.211 e. The molecule has 0 spiro atoms. The van der Waals surface area contributed by atoms with Gasteiger partial charge in [-0.05, 0) is 46.5 Å². The van der Waals surface area contributed by atoms with E-state index in [1.807, 2.05) is 0 Å². The number of benzene rings is 1. The van der Waals surface area contributed by atoms with E-state index in [0.29, 0.717) is 10.6 Å². The third kappa shape index (κ3) is 2.30. The molecule has 1 saturated carbocycles. The Morgan fingerprint density at radius 1 is 1.41 bits per heavy atom. The fourth-order valence-corrected chi connectivity index (χ4v) is 2.77. The first-order valence-corrected chi connectivity index (χ1v) is 6.50. The topological polar surface area (TPSA) is 29.4 Å². The summed E-state index contributed by atoms with van der Waals surface area (Å²) in [6, 6.07) is 3.06. The van der Waals surface area contributed by atoms with Crippen molar-refractivity contribution in [2.24, 2.45) is 4.99 Å². The zero-order chi connectivity index (χ0) is 12.5. The third-order valence-corrected chi connectivity index (χ3v) is 4.54. The predicted octanol–water partition coefficient (Wildman–Crippen LogP) is 4.35. The van der Waals surface area contributed by atoms with Gasteiger partial charge in [-0.25, -0.2) is 9.18 Å². The van der Waals surface area contributed by atoms with Gasteiger partial charge in [-0.3, -0.25) is 0 Å². The molecule has 1 aromatic rings. The standard InChI is InChI=1S/C12H10BrClFNO/c13-11-9(14)5-8(6-10(11)15)12(16-7-17)3-1-2-4-12/h5-6H,1-4H2. The molecule has 5 heteroatoms. The Hall–Kier alpha value is -0.700. The highest BCUT2D eigenvalue weighted by atomic mass is 79.9. The number of halogens is 3. The van der Waals surface area contributed by atoms with Crippen LogP contribution in [0.25, 0.3) is 0 Å². The molecule has 2 nitrogen and oxygen atoms in total. The van der Waals surface area contributed by atoms with E-state index in [1.165, 1.54) is 6.07 Å². The van der Waals surface area contributed by atoms with Crippen LogP contribution in [0.1, 0.15) is 31.2 Å². The Morgan fingerprint density at radius 3 is 2.59 bits per heavy atom. The van der Waals surface area contributed by atoms with Crippen molar-refractivity contribution in [2.45, 2.75) is 31.2 Å². The van der Waals surface area contributed by atoms with Gasteiger partial charge in [0.1, 0.15) is 5.82 Å². The van der Waals surface area contributed by atoms with Crippen molar-refractivity contribution >= 4 is 33.6 Å². The Morgan fingerprint density at radius 2 is 2.06 bits per heavy atom. The van der Waals surface area contributed by atoms with E-state index in [9.17, 15) is 9.18 Å². The van der Waals surface area contributed by atoms with Gasteiger partial charge in [-0.1, -0.05) is 24.4 Å². The Labute approximate surface area is 112 Å². The van der Waals surface area contributed by atoms with Gasteiger partial charge in [0.15, 0.2) is 0 Å². The van der Waals surface area contributed by atoms with Crippen LogP contribution in [0.4, 0.5) is 4.39 Å². The first-order chi connectivity index (χ1) is 8.09. The number of rotatable bonds is 2. The van der Waals surface area contributed by atoms with E-state index in [-0.39, 0.29) is 4.47 Å². The van der Waals surface area contributed by atoms with Crippen molar-refractivity contribution in [1.82, 2.24) is 0 Å². The molecule has 1 aliphatic carbocycles. The first-order valence-electron chi connectivity index (χ1n) is 5.33. The van der Waals surface area contributed by atoms with Crippen molar-refractivity contribution in [3.8, 4) is 0 Å². The van der Waals surface area contributed by atoms with Crippen LogP contribution >= 0.6 is 27.5 Å². The summed E-state index contributed by atoms with van der Waals surface area (Å²) >= 11 is 9.00. The number of aliphatic imine (C=N–C) groups is 1. The Bertz CT molecular complexity index is 470. The van der Waals surface area contributed by atoms with Gasteiger partial charge in [0.2, 0.25) is 6.08 Å². The van der Waals surface area contributed by atoms with Crippen molar-refractivity contribution < 1.29 is 9.18 Å². The lowest BCUT2D eigenvalue weighted by molar-refractivity contribution is 0.452. The molecule has 2 rings (SSSR count). The van der Waals surface area contributed by atoms with Crippen LogP contribution in [0.15, 0.2) is 21.6 Å². The molecule has 0 atom stereocenters. The molecule has 0 aromatic heterocycles. The van der Waals surface area contributed by atoms with E-state index in [1.54, 1.807) is 12.1 Å². The van der Waals surface area contributed by atoms with E-state index in [0.717, 1.165) is 25.7 Å². The molecular weight excluding hydrogens is 308 g/mol. The summed E-state index contributed by atoms with van der Waals surface area (Å²) in [5, 5.41) is 0.298. The van der Waals surface area contributed by atoms with Crippen LogP contribution in [0.3, 0.4) is 0 Å². The van der Waals surface area contributed by atoms with Crippen molar-refractivity contribution in [2.75, 3.05) is 0 Å². The highest BCUT2D eigenvalue weighted by molar-refractivity contribution is 9.10. The van der Waals surface area contributed by atoms with Crippen LogP contribution < -0.4 is 0 Å². The maximum Gasteiger partial charge on any atom is 0.235 e. The van der Waals surface area contributed by atoms with Crippen LogP contribution in [-0.2, 0) is 10.3 Å². The minimum absolute atomic E-state index is 0.242. The molecule has 0 saturated heterocycles. The minimum atomic E-state index is -0.632. The lowest BCUT2D eigenvalue weighted by Gasteiger charge is -2.23. The summed E-state index contributed by atoms with van der Waals surface area (Å²) in [5.74, 6) is -0.431. The lowest BCUT2D eigenvalue weighted by Crippen LogP contribution is -2.19. The average Bonchev–Trinajstić information content (AvgIpc) is 2.75. The molecule has 1 aliphatic rings. The van der Waals surface area contributed by atoms with Crippen LogP contribution in [0.2, 0.25) is 5.02 Å². The van der Waals surface area contributed by atoms with Gasteiger partial charge >= 0.3 is 0 Å². The van der Waals surface area contributed by atoms with Crippen LogP contribution in [0, 0.1) is 5.82 Å². The van der Waals surface area contributed by atoms with Crippen molar-refractivity contribution in [1.29, 1.82) is 0 Å². The fourth-order valence-electron chi connectivity index (χ4n) is 2.34. The molecule has 0 N–H and O–H groups in total. The number of carbonyl (C=O) groups excluding carboxylic acids is 1. The molecule has 0 amide bonds. The van der Waals surface area contributed by atoms with Gasteiger partial charge in [0.05, 0.1) is 15.0 Å². The molecule has 0 unspecified atom stereocenters. The van der Waals surface area contributed by atoms with E-state index in [4.69, 9.17) is 11.6 Å². The summed E-state index contributed by atoms with van der Waals surface area (Å²) in [6.07, 6.45) is 5.02. The summed E-state index contributed by atoms with van der Waals surface area (Å²) < 4.78 is 13.9.